The van der Waals surface area contributed by atoms with Crippen LogP contribution in [-0.2, 0) is 12.8 Å². The van der Waals surface area contributed by atoms with E-state index in [1.54, 1.807) is 6.33 Å². The van der Waals surface area contributed by atoms with Crippen molar-refractivity contribution < 1.29 is 0 Å². The summed E-state index contributed by atoms with van der Waals surface area (Å²) in [5.74, 6) is 0.993. The molecule has 0 aromatic carbocycles. The van der Waals surface area contributed by atoms with E-state index in [0.717, 1.165) is 53.5 Å². The average molecular weight is 284 g/mol. The van der Waals surface area contributed by atoms with Gasteiger partial charge in [0.05, 0.1) is 12.0 Å². The second-order valence-corrected chi connectivity index (χ2v) is 5.19. The number of rotatable bonds is 5. The molecule has 110 valence electrons. The smallest absolute Gasteiger partial charge is 0.160 e. The van der Waals surface area contributed by atoms with Crippen LogP contribution in [0.5, 0.6) is 0 Å². The molecule has 0 saturated carbocycles. The summed E-state index contributed by atoms with van der Waals surface area (Å²) in [6, 6.07) is 2.08. The number of aryl methyl sites for hydroxylation is 3. The van der Waals surface area contributed by atoms with Crippen molar-refractivity contribution in [2.75, 3.05) is 11.9 Å². The van der Waals surface area contributed by atoms with Crippen molar-refractivity contribution in [2.24, 2.45) is 0 Å². The zero-order chi connectivity index (χ0) is 14.8. The van der Waals surface area contributed by atoms with Gasteiger partial charge < -0.3 is 10.3 Å². The van der Waals surface area contributed by atoms with E-state index in [0.29, 0.717) is 0 Å². The predicted molar refractivity (Wildman–Crippen MR) is 82.6 cm³/mol. The number of hydrogen-bond donors (Lipinski definition) is 2. The van der Waals surface area contributed by atoms with E-state index in [9.17, 15) is 0 Å². The normalized spacial score (nSPS) is 11.2. The molecule has 0 amide bonds. The van der Waals surface area contributed by atoms with Crippen molar-refractivity contribution in [1.29, 1.82) is 0 Å². The van der Waals surface area contributed by atoms with Gasteiger partial charge in [0, 0.05) is 42.2 Å². The van der Waals surface area contributed by atoms with E-state index in [2.05, 4.69) is 45.3 Å². The van der Waals surface area contributed by atoms with Gasteiger partial charge >= 0.3 is 0 Å². The summed E-state index contributed by atoms with van der Waals surface area (Å²) in [5, 5.41) is 8.03. The summed E-state index contributed by atoms with van der Waals surface area (Å²) >= 11 is 0. The van der Waals surface area contributed by atoms with Crippen molar-refractivity contribution >= 4 is 11.5 Å². The fourth-order valence-corrected chi connectivity index (χ4v) is 2.33. The lowest BCUT2D eigenvalue weighted by Crippen LogP contribution is -2.10. The van der Waals surface area contributed by atoms with Crippen LogP contribution >= 0.6 is 0 Å². The number of hydrogen-bond acceptors (Lipinski definition) is 4. The Labute approximate surface area is 123 Å². The molecule has 0 atom stereocenters. The number of H-pyrrole nitrogens is 1. The summed E-state index contributed by atoms with van der Waals surface area (Å²) in [4.78, 5) is 11.8. The van der Waals surface area contributed by atoms with E-state index in [4.69, 9.17) is 0 Å². The molecule has 2 N–H and O–H groups in total. The summed E-state index contributed by atoms with van der Waals surface area (Å²) in [5.41, 5.74) is 5.30. The molecule has 6 nitrogen and oxygen atoms in total. The number of nitrogens with one attached hydrogen (secondary N) is 2. The first kappa shape index (κ1) is 13.6. The van der Waals surface area contributed by atoms with Gasteiger partial charge in [0.1, 0.15) is 5.82 Å². The van der Waals surface area contributed by atoms with Gasteiger partial charge in [0.15, 0.2) is 5.65 Å². The maximum atomic E-state index is 4.68. The standard InChI is InChI=1S/C15H20N6/c1-4-12-7-14(17-6-5-13-8-16-9-18-13)21-15(19-12)10(2)11(3)20-21/h7-9,17H,4-6H2,1-3H3,(H,16,18). The van der Waals surface area contributed by atoms with E-state index in [-0.39, 0.29) is 0 Å². The molecular weight excluding hydrogens is 264 g/mol. The van der Waals surface area contributed by atoms with Gasteiger partial charge in [-0.15, -0.1) is 0 Å². The average Bonchev–Trinajstić information content (AvgIpc) is 3.09. The molecule has 3 heterocycles. The first-order valence-corrected chi connectivity index (χ1v) is 7.26. The van der Waals surface area contributed by atoms with E-state index in [1.807, 2.05) is 17.6 Å². The van der Waals surface area contributed by atoms with Gasteiger partial charge in [-0.1, -0.05) is 6.92 Å². The second kappa shape index (κ2) is 5.55. The maximum Gasteiger partial charge on any atom is 0.160 e. The van der Waals surface area contributed by atoms with Crippen LogP contribution in [0.1, 0.15) is 29.6 Å². The minimum atomic E-state index is 0.822. The summed E-state index contributed by atoms with van der Waals surface area (Å²) in [6.45, 7) is 7.02. The fraction of sp³-hybridized carbons (Fsp3) is 0.400. The zero-order valence-electron chi connectivity index (χ0n) is 12.6. The van der Waals surface area contributed by atoms with Crippen molar-refractivity contribution in [3.8, 4) is 0 Å². The highest BCUT2D eigenvalue weighted by Crippen LogP contribution is 2.18. The molecule has 0 aliphatic heterocycles. The molecule has 0 fully saturated rings. The van der Waals surface area contributed by atoms with Crippen LogP contribution in [0.2, 0.25) is 0 Å². The Kier molecular flexibility index (Phi) is 3.60. The lowest BCUT2D eigenvalue weighted by molar-refractivity contribution is 0.877. The fourth-order valence-electron chi connectivity index (χ4n) is 2.33. The SMILES string of the molecule is CCc1cc(NCCc2cnc[nH]2)n2nc(C)c(C)c2n1. The van der Waals surface area contributed by atoms with Gasteiger partial charge in [-0.3, -0.25) is 0 Å². The number of nitrogens with zero attached hydrogens (tertiary/aromatic N) is 4. The summed E-state index contributed by atoms with van der Waals surface area (Å²) in [7, 11) is 0. The van der Waals surface area contributed by atoms with Crippen LogP contribution in [0.3, 0.4) is 0 Å². The minimum Gasteiger partial charge on any atom is -0.370 e. The molecule has 0 saturated heterocycles. The van der Waals surface area contributed by atoms with Crippen molar-refractivity contribution in [1.82, 2.24) is 24.6 Å². The van der Waals surface area contributed by atoms with Crippen LogP contribution in [0.15, 0.2) is 18.6 Å². The number of aromatic amines is 1. The monoisotopic (exact) mass is 284 g/mol. The highest BCUT2D eigenvalue weighted by atomic mass is 15.3. The number of imidazole rings is 1. The van der Waals surface area contributed by atoms with Gasteiger partial charge in [-0.2, -0.15) is 9.61 Å². The Morgan fingerprint density at radius 2 is 2.19 bits per heavy atom. The van der Waals surface area contributed by atoms with Crippen molar-refractivity contribution in [2.45, 2.75) is 33.6 Å². The maximum absolute atomic E-state index is 4.68. The first-order valence-electron chi connectivity index (χ1n) is 7.26. The van der Waals surface area contributed by atoms with E-state index >= 15 is 0 Å². The van der Waals surface area contributed by atoms with E-state index in [1.165, 1.54) is 0 Å². The molecule has 0 unspecified atom stereocenters. The third-order valence-corrected chi connectivity index (χ3v) is 3.73. The van der Waals surface area contributed by atoms with Crippen molar-refractivity contribution in [3.63, 3.8) is 0 Å². The van der Waals surface area contributed by atoms with Crippen LogP contribution in [0.25, 0.3) is 5.65 Å². The highest BCUT2D eigenvalue weighted by molar-refractivity contribution is 5.56. The second-order valence-electron chi connectivity index (χ2n) is 5.19. The van der Waals surface area contributed by atoms with Gasteiger partial charge in [-0.05, 0) is 20.3 Å². The first-order chi connectivity index (χ1) is 10.2. The molecule has 0 aliphatic rings. The third kappa shape index (κ3) is 2.61. The molecule has 0 bridgehead atoms. The predicted octanol–water partition coefficient (Wildman–Crippen LogP) is 2.29. The molecule has 3 aromatic rings. The molecule has 6 heteroatoms. The Bertz CT molecular complexity index is 741. The Morgan fingerprint density at radius 3 is 2.90 bits per heavy atom. The molecule has 0 aliphatic carbocycles. The molecule has 21 heavy (non-hydrogen) atoms. The molecular formula is C15H20N6. The Morgan fingerprint density at radius 1 is 1.33 bits per heavy atom. The molecule has 3 aromatic heterocycles. The Balaban J connectivity index is 1.87. The van der Waals surface area contributed by atoms with Gasteiger partial charge in [0.25, 0.3) is 0 Å². The van der Waals surface area contributed by atoms with Crippen LogP contribution in [-0.4, -0.2) is 31.1 Å². The van der Waals surface area contributed by atoms with Gasteiger partial charge in [-0.25, -0.2) is 9.97 Å². The van der Waals surface area contributed by atoms with Gasteiger partial charge in [0.2, 0.25) is 0 Å². The Hall–Kier alpha value is -2.37. The third-order valence-electron chi connectivity index (χ3n) is 3.73. The number of aromatic nitrogens is 5. The van der Waals surface area contributed by atoms with Crippen LogP contribution in [0.4, 0.5) is 5.82 Å². The summed E-state index contributed by atoms with van der Waals surface area (Å²) < 4.78 is 1.90. The largest absolute Gasteiger partial charge is 0.370 e. The molecule has 0 spiro atoms. The lowest BCUT2D eigenvalue weighted by atomic mass is 10.2. The number of fused-ring (bicyclic) bond motifs is 1. The lowest BCUT2D eigenvalue weighted by Gasteiger charge is -2.09. The van der Waals surface area contributed by atoms with Crippen LogP contribution < -0.4 is 5.32 Å². The summed E-state index contributed by atoms with van der Waals surface area (Å²) in [6.07, 6.45) is 5.36. The quantitative estimate of drug-likeness (QED) is 0.754. The highest BCUT2D eigenvalue weighted by Gasteiger charge is 2.11. The molecule has 0 radical (unpaired) electrons. The minimum absolute atomic E-state index is 0.822. The van der Waals surface area contributed by atoms with Crippen molar-refractivity contribution in [3.05, 3.63) is 41.2 Å². The number of anilines is 1. The topological polar surface area (TPSA) is 70.9 Å². The van der Waals surface area contributed by atoms with E-state index < -0.39 is 0 Å². The molecule has 3 rings (SSSR count). The zero-order valence-corrected chi connectivity index (χ0v) is 12.6. The van der Waals surface area contributed by atoms with Crippen LogP contribution in [0, 0.1) is 13.8 Å².